The van der Waals surface area contributed by atoms with Crippen LogP contribution in [0.3, 0.4) is 0 Å². The van der Waals surface area contributed by atoms with Gasteiger partial charge in [-0.1, -0.05) is 19.8 Å². The molecule has 0 aromatic carbocycles. The van der Waals surface area contributed by atoms with Crippen molar-refractivity contribution in [1.82, 2.24) is 10.6 Å². The highest BCUT2D eigenvalue weighted by atomic mass is 16.4. The zero-order valence-corrected chi connectivity index (χ0v) is 10.5. The zero-order valence-electron chi connectivity index (χ0n) is 10.5. The summed E-state index contributed by atoms with van der Waals surface area (Å²) in [6.07, 6.45) is 6.04. The molecule has 1 atom stereocenters. The van der Waals surface area contributed by atoms with Crippen LogP contribution in [0.25, 0.3) is 0 Å². The molecule has 0 aliphatic heterocycles. The van der Waals surface area contributed by atoms with Gasteiger partial charge in [0.25, 0.3) is 0 Å². The fraction of sp³-hybridized carbons (Fsp3) is 0.667. The minimum Gasteiger partial charge on any atom is -0.481 e. The second kappa shape index (κ2) is 6.79. The number of carboxylic acids is 1. The molecule has 0 saturated carbocycles. The molecule has 2 amide bonds. The van der Waals surface area contributed by atoms with Crippen LogP contribution >= 0.6 is 0 Å². The Kier molecular flexibility index (Phi) is 6.11. The van der Waals surface area contributed by atoms with Crippen molar-refractivity contribution in [3.8, 4) is 12.3 Å². The Morgan fingerprint density at radius 3 is 2.29 bits per heavy atom. The standard InChI is InChI=1S/C12H20N2O3/c1-5-9(4)14-11(17)13-8-12(6-2,7-3)10(15)16/h1,9H,6-8H2,2-4H3,(H,15,16)(H2,13,14,17). The van der Waals surface area contributed by atoms with E-state index in [-0.39, 0.29) is 12.6 Å². The van der Waals surface area contributed by atoms with Crippen LogP contribution in [0, 0.1) is 17.8 Å². The van der Waals surface area contributed by atoms with Crippen LogP contribution in [0.15, 0.2) is 0 Å². The van der Waals surface area contributed by atoms with Gasteiger partial charge in [-0.2, -0.15) is 0 Å². The van der Waals surface area contributed by atoms with Crippen molar-refractivity contribution >= 4 is 12.0 Å². The quantitative estimate of drug-likeness (QED) is 0.610. The highest BCUT2D eigenvalue weighted by Gasteiger charge is 2.35. The van der Waals surface area contributed by atoms with Gasteiger partial charge in [0, 0.05) is 6.54 Å². The average molecular weight is 240 g/mol. The van der Waals surface area contributed by atoms with E-state index in [0.717, 1.165) is 0 Å². The number of terminal acetylenes is 1. The second-order valence-corrected chi connectivity index (χ2v) is 4.01. The van der Waals surface area contributed by atoms with Crippen molar-refractivity contribution in [3.63, 3.8) is 0 Å². The van der Waals surface area contributed by atoms with Gasteiger partial charge in [0.1, 0.15) is 0 Å². The Morgan fingerprint density at radius 1 is 1.41 bits per heavy atom. The molecular weight excluding hydrogens is 220 g/mol. The smallest absolute Gasteiger partial charge is 0.315 e. The highest BCUT2D eigenvalue weighted by molar-refractivity contribution is 5.78. The first kappa shape index (κ1) is 15.3. The third kappa shape index (κ3) is 4.35. The van der Waals surface area contributed by atoms with Crippen LogP contribution in [0.4, 0.5) is 4.79 Å². The van der Waals surface area contributed by atoms with E-state index in [0.29, 0.717) is 12.8 Å². The second-order valence-electron chi connectivity index (χ2n) is 4.01. The molecule has 0 aromatic rings. The molecule has 5 nitrogen and oxygen atoms in total. The van der Waals surface area contributed by atoms with Gasteiger partial charge in [-0.15, -0.1) is 6.42 Å². The van der Waals surface area contributed by atoms with Gasteiger partial charge in [0.05, 0.1) is 11.5 Å². The molecule has 0 saturated heterocycles. The fourth-order valence-corrected chi connectivity index (χ4v) is 1.42. The van der Waals surface area contributed by atoms with E-state index in [1.54, 1.807) is 20.8 Å². The van der Waals surface area contributed by atoms with Crippen molar-refractivity contribution in [3.05, 3.63) is 0 Å². The maximum Gasteiger partial charge on any atom is 0.315 e. The Balaban J connectivity index is 4.38. The Labute approximate surface area is 102 Å². The van der Waals surface area contributed by atoms with E-state index in [2.05, 4.69) is 16.6 Å². The van der Waals surface area contributed by atoms with Crippen molar-refractivity contribution in [2.75, 3.05) is 6.54 Å². The molecule has 0 aromatic heterocycles. The monoisotopic (exact) mass is 240 g/mol. The van der Waals surface area contributed by atoms with E-state index >= 15 is 0 Å². The van der Waals surface area contributed by atoms with E-state index < -0.39 is 17.4 Å². The van der Waals surface area contributed by atoms with E-state index in [1.807, 2.05) is 0 Å². The summed E-state index contributed by atoms with van der Waals surface area (Å²) in [7, 11) is 0. The molecule has 0 radical (unpaired) electrons. The number of rotatable bonds is 6. The van der Waals surface area contributed by atoms with Crippen LogP contribution in [0.2, 0.25) is 0 Å². The van der Waals surface area contributed by atoms with Crippen molar-refractivity contribution in [2.24, 2.45) is 5.41 Å². The molecule has 0 fully saturated rings. The first-order valence-corrected chi connectivity index (χ1v) is 5.65. The first-order chi connectivity index (χ1) is 7.91. The molecular formula is C12H20N2O3. The number of carbonyl (C=O) groups excluding carboxylic acids is 1. The average Bonchev–Trinajstić information content (AvgIpc) is 2.30. The van der Waals surface area contributed by atoms with Crippen LogP contribution in [0.5, 0.6) is 0 Å². The molecule has 0 aliphatic carbocycles. The number of urea groups is 1. The SMILES string of the molecule is C#CC(C)NC(=O)NCC(CC)(CC)C(=O)O. The third-order valence-corrected chi connectivity index (χ3v) is 2.99. The largest absolute Gasteiger partial charge is 0.481 e. The van der Waals surface area contributed by atoms with E-state index in [9.17, 15) is 9.59 Å². The highest BCUT2D eigenvalue weighted by Crippen LogP contribution is 2.25. The van der Waals surface area contributed by atoms with E-state index in [1.165, 1.54) is 0 Å². The van der Waals surface area contributed by atoms with Crippen LogP contribution in [0.1, 0.15) is 33.6 Å². The van der Waals surface area contributed by atoms with Crippen molar-refractivity contribution in [1.29, 1.82) is 0 Å². The summed E-state index contributed by atoms with van der Waals surface area (Å²) >= 11 is 0. The molecule has 0 aliphatic rings. The molecule has 0 heterocycles. The maximum absolute atomic E-state index is 11.4. The minimum atomic E-state index is -0.906. The number of nitrogens with one attached hydrogen (secondary N) is 2. The topological polar surface area (TPSA) is 78.4 Å². The predicted octanol–water partition coefficient (Wildman–Crippen LogP) is 1.20. The van der Waals surface area contributed by atoms with Gasteiger partial charge in [0.2, 0.25) is 0 Å². The minimum absolute atomic E-state index is 0.0957. The van der Waals surface area contributed by atoms with Gasteiger partial charge in [-0.25, -0.2) is 4.79 Å². The first-order valence-electron chi connectivity index (χ1n) is 5.65. The third-order valence-electron chi connectivity index (χ3n) is 2.99. The number of carboxylic acid groups (broad SMARTS) is 1. The lowest BCUT2D eigenvalue weighted by molar-refractivity contribution is -0.149. The lowest BCUT2D eigenvalue weighted by atomic mass is 9.82. The predicted molar refractivity (Wildman–Crippen MR) is 65.5 cm³/mol. The summed E-state index contributed by atoms with van der Waals surface area (Å²) in [5, 5.41) is 14.2. The van der Waals surface area contributed by atoms with Crippen LogP contribution in [-0.2, 0) is 4.79 Å². The lowest BCUT2D eigenvalue weighted by Gasteiger charge is -2.27. The summed E-state index contributed by atoms with van der Waals surface area (Å²) in [6.45, 7) is 5.35. The Hall–Kier alpha value is -1.70. The molecule has 0 spiro atoms. The number of aliphatic carboxylic acids is 1. The molecule has 96 valence electrons. The summed E-state index contributed by atoms with van der Waals surface area (Å²) in [5.41, 5.74) is -0.906. The molecule has 0 bridgehead atoms. The van der Waals surface area contributed by atoms with Crippen molar-refractivity contribution < 1.29 is 14.7 Å². The van der Waals surface area contributed by atoms with Crippen molar-refractivity contribution in [2.45, 2.75) is 39.7 Å². The van der Waals surface area contributed by atoms with Gasteiger partial charge in [0.15, 0.2) is 0 Å². The number of hydrogen-bond acceptors (Lipinski definition) is 2. The van der Waals surface area contributed by atoms with Crippen LogP contribution < -0.4 is 10.6 Å². The normalized spacial score (nSPS) is 12.4. The molecule has 5 heteroatoms. The Morgan fingerprint density at radius 2 is 1.94 bits per heavy atom. The number of hydrogen-bond donors (Lipinski definition) is 3. The van der Waals surface area contributed by atoms with Crippen LogP contribution in [-0.4, -0.2) is 29.7 Å². The summed E-state index contributed by atoms with van der Waals surface area (Å²) in [4.78, 5) is 22.6. The lowest BCUT2D eigenvalue weighted by Crippen LogP contribution is -2.47. The Bertz CT molecular complexity index is 316. The van der Waals surface area contributed by atoms with Gasteiger partial charge in [-0.3, -0.25) is 4.79 Å². The van der Waals surface area contributed by atoms with Gasteiger partial charge in [-0.05, 0) is 19.8 Å². The van der Waals surface area contributed by atoms with E-state index in [4.69, 9.17) is 11.5 Å². The fourth-order valence-electron chi connectivity index (χ4n) is 1.42. The summed E-state index contributed by atoms with van der Waals surface area (Å²) in [5.74, 6) is 1.46. The number of amides is 2. The molecule has 0 rings (SSSR count). The molecule has 17 heavy (non-hydrogen) atoms. The number of carbonyl (C=O) groups is 2. The summed E-state index contributed by atoms with van der Waals surface area (Å²) in [6, 6.07) is -0.819. The zero-order chi connectivity index (χ0) is 13.5. The van der Waals surface area contributed by atoms with Gasteiger partial charge >= 0.3 is 12.0 Å². The summed E-state index contributed by atoms with van der Waals surface area (Å²) < 4.78 is 0. The van der Waals surface area contributed by atoms with Gasteiger partial charge < -0.3 is 15.7 Å². The molecule has 1 unspecified atom stereocenters. The maximum atomic E-state index is 11.4. The molecule has 3 N–H and O–H groups in total.